The Hall–Kier alpha value is 0.463. The Morgan fingerprint density at radius 2 is 0.816 bits per heavy atom. The van der Waals surface area contributed by atoms with Gasteiger partial charge in [-0.1, -0.05) is 113 Å². The third-order valence-electron chi connectivity index (χ3n) is 6.83. The van der Waals surface area contributed by atoms with Crippen molar-refractivity contribution in [1.29, 1.82) is 0 Å². The summed E-state index contributed by atoms with van der Waals surface area (Å²) in [6, 6.07) is 13.7. The van der Waals surface area contributed by atoms with Crippen molar-refractivity contribution >= 4 is 0 Å². The SMILES string of the molecule is CC(C)(C)c1cc(-c2cccc(-c3cc(C(C)(C)C)cc(C(C)(C)C)c3[O-])n2)c([O-])c(C(C)(C)C)c1.[K+].[K+]. The summed E-state index contributed by atoms with van der Waals surface area (Å²) in [5.41, 5.74) is 5.32. The van der Waals surface area contributed by atoms with E-state index in [0.717, 1.165) is 22.3 Å². The molecule has 0 fully saturated rings. The molecule has 5 heteroatoms. The second-order valence-electron chi connectivity index (χ2n) is 14.2. The van der Waals surface area contributed by atoms with Crippen LogP contribution in [-0.4, -0.2) is 4.98 Å². The maximum atomic E-state index is 13.7. The molecular formula is C33H43K2NO2. The minimum Gasteiger partial charge on any atom is -0.872 e. The molecule has 0 saturated heterocycles. The molecule has 0 bridgehead atoms. The average molecular weight is 564 g/mol. The number of pyridine rings is 1. The number of aromatic nitrogens is 1. The maximum Gasteiger partial charge on any atom is 1.00 e. The van der Waals surface area contributed by atoms with E-state index in [9.17, 15) is 10.2 Å². The zero-order valence-electron chi connectivity index (χ0n) is 26.3. The van der Waals surface area contributed by atoms with Gasteiger partial charge in [-0.2, -0.15) is 0 Å². The van der Waals surface area contributed by atoms with Gasteiger partial charge in [0.05, 0.1) is 11.4 Å². The molecular weight excluding hydrogens is 521 g/mol. The van der Waals surface area contributed by atoms with E-state index in [4.69, 9.17) is 4.98 Å². The van der Waals surface area contributed by atoms with E-state index in [-0.39, 0.29) is 136 Å². The van der Waals surface area contributed by atoms with Gasteiger partial charge in [0, 0.05) is 0 Å². The number of benzene rings is 2. The van der Waals surface area contributed by atoms with Crippen LogP contribution >= 0.6 is 0 Å². The van der Waals surface area contributed by atoms with Crippen molar-refractivity contribution in [3.63, 3.8) is 0 Å². The number of hydrogen-bond donors (Lipinski definition) is 0. The van der Waals surface area contributed by atoms with Crippen molar-refractivity contribution in [2.75, 3.05) is 0 Å². The molecule has 0 unspecified atom stereocenters. The molecule has 2 aromatic carbocycles. The molecule has 3 nitrogen and oxygen atoms in total. The van der Waals surface area contributed by atoms with Crippen molar-refractivity contribution in [3.8, 4) is 34.0 Å². The van der Waals surface area contributed by atoms with Gasteiger partial charge in [0.25, 0.3) is 0 Å². The van der Waals surface area contributed by atoms with Crippen LogP contribution in [-0.2, 0) is 21.7 Å². The largest absolute Gasteiger partial charge is 1.00 e. The topological polar surface area (TPSA) is 59.0 Å². The summed E-state index contributed by atoms with van der Waals surface area (Å²) in [4.78, 5) is 4.93. The molecule has 0 amide bonds. The third kappa shape index (κ3) is 8.27. The fourth-order valence-corrected chi connectivity index (χ4v) is 4.35. The number of rotatable bonds is 2. The van der Waals surface area contributed by atoms with Crippen molar-refractivity contribution in [1.82, 2.24) is 4.98 Å². The molecule has 3 rings (SSSR count). The second-order valence-corrected chi connectivity index (χ2v) is 14.2. The molecule has 0 aliphatic heterocycles. The summed E-state index contributed by atoms with van der Waals surface area (Å²) in [7, 11) is 0. The molecule has 0 aliphatic rings. The second kappa shape index (κ2) is 12.8. The standard InChI is InChI=1S/C33H45NO2.2K/c1-30(2,3)20-16-22(28(35)24(18-20)32(7,8)9)26-14-13-15-27(34-26)23-17-21(31(4,5)6)19-25(29(23)36)33(10,11)12;;/h13-19,35-36H,1-12H3;;/q;2*+1/p-2. The maximum absolute atomic E-state index is 13.7. The first kappa shape index (κ1) is 36.5. The van der Waals surface area contributed by atoms with Gasteiger partial charge in [0.15, 0.2) is 0 Å². The molecule has 3 aromatic rings. The van der Waals surface area contributed by atoms with E-state index in [1.165, 1.54) is 0 Å². The third-order valence-corrected chi connectivity index (χ3v) is 6.83. The van der Waals surface area contributed by atoms with E-state index in [1.807, 2.05) is 42.5 Å². The van der Waals surface area contributed by atoms with Crippen molar-refractivity contribution in [2.24, 2.45) is 0 Å². The molecule has 1 aromatic heterocycles. The Labute approximate surface area is 316 Å². The van der Waals surface area contributed by atoms with Gasteiger partial charge in [-0.3, -0.25) is 0 Å². The minimum absolute atomic E-state index is 0. The van der Waals surface area contributed by atoms with Crippen LogP contribution in [0.5, 0.6) is 11.5 Å². The number of hydrogen-bond acceptors (Lipinski definition) is 3. The molecule has 0 N–H and O–H groups in total. The molecule has 0 radical (unpaired) electrons. The summed E-state index contributed by atoms with van der Waals surface area (Å²) in [6.07, 6.45) is 0. The van der Waals surface area contributed by atoms with E-state index in [2.05, 4.69) is 83.1 Å². The zero-order chi connectivity index (χ0) is 27.4. The van der Waals surface area contributed by atoms with Gasteiger partial charge in [0.1, 0.15) is 0 Å². The molecule has 38 heavy (non-hydrogen) atoms. The van der Waals surface area contributed by atoms with E-state index >= 15 is 0 Å². The van der Waals surface area contributed by atoms with Gasteiger partial charge in [0.2, 0.25) is 0 Å². The van der Waals surface area contributed by atoms with Crippen molar-refractivity contribution < 1.29 is 113 Å². The van der Waals surface area contributed by atoms with E-state index < -0.39 is 0 Å². The molecule has 0 saturated carbocycles. The van der Waals surface area contributed by atoms with Crippen LogP contribution in [0.2, 0.25) is 0 Å². The summed E-state index contributed by atoms with van der Waals surface area (Å²) < 4.78 is 0. The Balaban J connectivity index is 0.00000361. The summed E-state index contributed by atoms with van der Waals surface area (Å²) in [5, 5.41) is 27.4. The average Bonchev–Trinajstić information content (AvgIpc) is 2.70. The minimum atomic E-state index is -0.296. The van der Waals surface area contributed by atoms with Crippen LogP contribution in [0.3, 0.4) is 0 Å². The van der Waals surface area contributed by atoms with Crippen LogP contribution in [0.15, 0.2) is 42.5 Å². The predicted octanol–water partition coefficient (Wildman–Crippen LogP) is 1.76. The smallest absolute Gasteiger partial charge is 0.872 e. The summed E-state index contributed by atoms with van der Waals surface area (Å²) in [5.74, 6) is 0.00244. The fraction of sp³-hybridized carbons (Fsp3) is 0.485. The Morgan fingerprint density at radius 3 is 1.08 bits per heavy atom. The molecule has 0 aliphatic carbocycles. The van der Waals surface area contributed by atoms with E-state index in [0.29, 0.717) is 22.5 Å². The Bertz CT molecular complexity index is 1190. The summed E-state index contributed by atoms with van der Waals surface area (Å²) >= 11 is 0. The normalized spacial score (nSPS) is 12.5. The molecule has 1 heterocycles. The van der Waals surface area contributed by atoms with Crippen LogP contribution in [0.25, 0.3) is 22.5 Å². The van der Waals surface area contributed by atoms with Crippen LogP contribution in [0.1, 0.15) is 105 Å². The molecule has 194 valence electrons. The molecule has 0 spiro atoms. The van der Waals surface area contributed by atoms with Gasteiger partial charge in [-0.25, -0.2) is 4.98 Å². The van der Waals surface area contributed by atoms with Crippen LogP contribution in [0.4, 0.5) is 0 Å². The van der Waals surface area contributed by atoms with Gasteiger partial charge in [-0.15, -0.1) is 0 Å². The van der Waals surface area contributed by atoms with Gasteiger partial charge >= 0.3 is 103 Å². The zero-order valence-corrected chi connectivity index (χ0v) is 32.6. The Morgan fingerprint density at radius 1 is 0.500 bits per heavy atom. The summed E-state index contributed by atoms with van der Waals surface area (Å²) in [6.45, 7) is 25.3. The first-order chi connectivity index (χ1) is 16.2. The fourth-order valence-electron chi connectivity index (χ4n) is 4.35. The van der Waals surface area contributed by atoms with Crippen molar-refractivity contribution in [3.05, 3.63) is 64.7 Å². The Kier molecular flexibility index (Phi) is 12.3. The van der Waals surface area contributed by atoms with E-state index in [1.54, 1.807) is 0 Å². The van der Waals surface area contributed by atoms with Gasteiger partial charge in [-0.05, 0) is 79.3 Å². The quantitative estimate of drug-likeness (QED) is 0.447. The van der Waals surface area contributed by atoms with Crippen LogP contribution < -0.4 is 113 Å². The van der Waals surface area contributed by atoms with Crippen LogP contribution in [0, 0.1) is 0 Å². The predicted molar refractivity (Wildman–Crippen MR) is 149 cm³/mol. The molecule has 0 atom stereocenters. The first-order valence-corrected chi connectivity index (χ1v) is 12.9. The monoisotopic (exact) mass is 563 g/mol. The van der Waals surface area contributed by atoms with Crippen molar-refractivity contribution in [2.45, 2.75) is 105 Å². The number of nitrogens with zero attached hydrogens (tertiary/aromatic N) is 1. The van der Waals surface area contributed by atoms with Gasteiger partial charge < -0.3 is 10.2 Å². The first-order valence-electron chi connectivity index (χ1n) is 12.9.